The van der Waals surface area contributed by atoms with Gasteiger partial charge in [0.1, 0.15) is 11.6 Å². The maximum Gasteiger partial charge on any atom is 0.264 e. The van der Waals surface area contributed by atoms with Gasteiger partial charge in [-0.2, -0.15) is 0 Å². The highest BCUT2D eigenvalue weighted by molar-refractivity contribution is 9.10. The summed E-state index contributed by atoms with van der Waals surface area (Å²) < 4.78 is 28.7. The highest BCUT2D eigenvalue weighted by Crippen LogP contribution is 2.28. The minimum atomic E-state index is -4.00. The molecule has 0 aliphatic carbocycles. The molecule has 7 nitrogen and oxygen atoms in total. The van der Waals surface area contributed by atoms with Crippen molar-refractivity contribution in [3.8, 4) is 10.6 Å². The van der Waals surface area contributed by atoms with E-state index in [0.29, 0.717) is 15.7 Å². The van der Waals surface area contributed by atoms with Crippen molar-refractivity contribution in [1.29, 1.82) is 0 Å². The van der Waals surface area contributed by atoms with Crippen LogP contribution in [0.4, 0.5) is 10.8 Å². The van der Waals surface area contributed by atoms with Crippen LogP contribution in [0.25, 0.3) is 10.6 Å². The highest BCUT2D eigenvalue weighted by atomic mass is 79.9. The van der Waals surface area contributed by atoms with Crippen molar-refractivity contribution >= 4 is 65.6 Å². The molecule has 174 valence electrons. The van der Waals surface area contributed by atoms with Crippen molar-refractivity contribution in [2.45, 2.75) is 11.8 Å². The molecule has 4 rings (SSSR count). The first-order valence-corrected chi connectivity index (χ1v) is 13.4. The van der Waals surface area contributed by atoms with Crippen LogP contribution in [0, 0.1) is 6.92 Å². The van der Waals surface area contributed by atoms with Gasteiger partial charge in [-0.25, -0.2) is 8.42 Å². The molecular weight excluding hydrogens is 560 g/mol. The minimum Gasteiger partial charge on any atom is -0.299 e. The molecule has 0 saturated carbocycles. The van der Waals surface area contributed by atoms with E-state index in [4.69, 9.17) is 11.6 Å². The molecule has 0 saturated heterocycles. The quantitative estimate of drug-likeness (QED) is 0.301. The molecule has 1 amide bonds. The molecule has 34 heavy (non-hydrogen) atoms. The van der Waals surface area contributed by atoms with E-state index in [9.17, 15) is 13.2 Å². The Bertz CT molecular complexity index is 1410. The number of halogens is 2. The number of hydrogen-bond acceptors (Lipinski definition) is 6. The molecular formula is C23H18BrClN4O3S2. The standard InChI is InChI=1S/C23H18BrClN4O3S2/c1-15-2-12-20(13-3-15)34(31,32)29(19-10-6-17(24)7-11-19)14-21(30)26-23-28-27-22(33-23)16-4-8-18(25)9-5-16/h2-13H,14H2,1H3,(H,26,28,30). The molecule has 1 N–H and O–H groups in total. The number of anilines is 2. The van der Waals surface area contributed by atoms with Crippen LogP contribution >= 0.6 is 38.9 Å². The molecule has 0 aliphatic rings. The monoisotopic (exact) mass is 576 g/mol. The fourth-order valence-corrected chi connectivity index (χ4v) is 5.61. The van der Waals surface area contributed by atoms with Gasteiger partial charge in [0.2, 0.25) is 11.0 Å². The summed E-state index contributed by atoms with van der Waals surface area (Å²) in [6.45, 7) is 1.43. The third-order valence-electron chi connectivity index (χ3n) is 4.77. The number of benzene rings is 3. The molecule has 0 fully saturated rings. The van der Waals surface area contributed by atoms with E-state index in [1.54, 1.807) is 60.7 Å². The van der Waals surface area contributed by atoms with Crippen LogP contribution in [-0.2, 0) is 14.8 Å². The smallest absolute Gasteiger partial charge is 0.264 e. The first-order chi connectivity index (χ1) is 16.2. The van der Waals surface area contributed by atoms with Gasteiger partial charge in [-0.3, -0.25) is 14.4 Å². The average Bonchev–Trinajstić information content (AvgIpc) is 3.27. The first kappa shape index (κ1) is 24.3. The van der Waals surface area contributed by atoms with Gasteiger partial charge < -0.3 is 0 Å². The summed E-state index contributed by atoms with van der Waals surface area (Å²) in [6, 6.07) is 20.3. The molecule has 0 atom stereocenters. The fourth-order valence-electron chi connectivity index (χ4n) is 3.03. The molecule has 11 heteroatoms. The van der Waals surface area contributed by atoms with Gasteiger partial charge in [0.05, 0.1) is 10.6 Å². The number of nitrogens with zero attached hydrogens (tertiary/aromatic N) is 3. The van der Waals surface area contributed by atoms with E-state index in [1.165, 1.54) is 23.5 Å². The van der Waals surface area contributed by atoms with Gasteiger partial charge >= 0.3 is 0 Å². The van der Waals surface area contributed by atoms with Crippen molar-refractivity contribution in [2.75, 3.05) is 16.2 Å². The van der Waals surface area contributed by atoms with Crippen LogP contribution in [-0.4, -0.2) is 31.1 Å². The summed E-state index contributed by atoms with van der Waals surface area (Å²) in [7, 11) is -4.00. The van der Waals surface area contributed by atoms with Gasteiger partial charge in [0.15, 0.2) is 0 Å². The van der Waals surface area contributed by atoms with Crippen molar-refractivity contribution in [2.24, 2.45) is 0 Å². The zero-order valence-electron chi connectivity index (χ0n) is 17.8. The zero-order valence-corrected chi connectivity index (χ0v) is 21.7. The summed E-state index contributed by atoms with van der Waals surface area (Å²) in [5.74, 6) is -0.544. The second-order valence-electron chi connectivity index (χ2n) is 7.27. The van der Waals surface area contributed by atoms with E-state index >= 15 is 0 Å². The molecule has 1 aromatic heterocycles. The Morgan fingerprint density at radius 3 is 2.29 bits per heavy atom. The van der Waals surface area contributed by atoms with E-state index in [0.717, 1.165) is 19.9 Å². The summed E-state index contributed by atoms with van der Waals surface area (Å²) in [4.78, 5) is 13.0. The lowest BCUT2D eigenvalue weighted by Crippen LogP contribution is -2.38. The second-order valence-corrected chi connectivity index (χ2v) is 11.5. The third-order valence-corrected chi connectivity index (χ3v) is 8.23. The fraction of sp³-hybridized carbons (Fsp3) is 0.0870. The number of amides is 1. The lowest BCUT2D eigenvalue weighted by molar-refractivity contribution is -0.114. The lowest BCUT2D eigenvalue weighted by atomic mass is 10.2. The molecule has 0 unspecified atom stereocenters. The molecule has 3 aromatic carbocycles. The Labute approximate surface area is 214 Å². The van der Waals surface area contributed by atoms with Gasteiger partial charge in [0, 0.05) is 15.1 Å². The lowest BCUT2D eigenvalue weighted by Gasteiger charge is -2.24. The van der Waals surface area contributed by atoms with Crippen LogP contribution in [0.5, 0.6) is 0 Å². The van der Waals surface area contributed by atoms with Crippen molar-refractivity contribution in [1.82, 2.24) is 10.2 Å². The Morgan fingerprint density at radius 1 is 1.00 bits per heavy atom. The number of nitrogens with one attached hydrogen (secondary N) is 1. The van der Waals surface area contributed by atoms with Crippen LogP contribution in [0.3, 0.4) is 0 Å². The summed E-state index contributed by atoms with van der Waals surface area (Å²) >= 11 is 10.5. The van der Waals surface area contributed by atoms with Gasteiger partial charge in [0.25, 0.3) is 10.0 Å². The summed E-state index contributed by atoms with van der Waals surface area (Å²) in [5, 5.41) is 12.2. The van der Waals surface area contributed by atoms with Crippen molar-refractivity contribution in [3.05, 3.63) is 87.9 Å². The Balaban J connectivity index is 1.58. The molecule has 0 bridgehead atoms. The van der Waals surface area contributed by atoms with Crippen LogP contribution in [0.15, 0.2) is 82.2 Å². The first-order valence-electron chi connectivity index (χ1n) is 9.97. The highest BCUT2D eigenvalue weighted by Gasteiger charge is 2.27. The van der Waals surface area contributed by atoms with Crippen LogP contribution in [0.2, 0.25) is 5.02 Å². The van der Waals surface area contributed by atoms with E-state index in [-0.39, 0.29) is 10.0 Å². The largest absolute Gasteiger partial charge is 0.299 e. The SMILES string of the molecule is Cc1ccc(S(=O)(=O)N(CC(=O)Nc2nnc(-c3ccc(Cl)cc3)s2)c2ccc(Br)cc2)cc1. The summed E-state index contributed by atoms with van der Waals surface area (Å²) in [6.07, 6.45) is 0. The van der Waals surface area contributed by atoms with Crippen molar-refractivity contribution in [3.63, 3.8) is 0 Å². The second kappa shape index (κ2) is 10.2. The summed E-state index contributed by atoms with van der Waals surface area (Å²) in [5.41, 5.74) is 2.10. The molecule has 0 radical (unpaired) electrons. The number of carbonyl (C=O) groups is 1. The number of hydrogen-bond donors (Lipinski definition) is 1. The minimum absolute atomic E-state index is 0.0924. The Morgan fingerprint density at radius 2 is 1.65 bits per heavy atom. The number of aryl methyl sites for hydroxylation is 1. The van der Waals surface area contributed by atoms with E-state index < -0.39 is 22.5 Å². The zero-order chi connectivity index (χ0) is 24.3. The van der Waals surface area contributed by atoms with Gasteiger partial charge in [-0.15, -0.1) is 10.2 Å². The van der Waals surface area contributed by atoms with E-state index in [2.05, 4.69) is 31.4 Å². The maximum absolute atomic E-state index is 13.4. The molecule has 0 aliphatic heterocycles. The van der Waals surface area contributed by atoms with Gasteiger partial charge in [-0.05, 0) is 55.5 Å². The topological polar surface area (TPSA) is 92.3 Å². The Kier molecular flexibility index (Phi) is 7.32. The number of sulfonamides is 1. The predicted octanol–water partition coefficient (Wildman–Crippen LogP) is 5.76. The normalized spacial score (nSPS) is 11.3. The molecule has 0 spiro atoms. The number of rotatable bonds is 7. The number of aromatic nitrogens is 2. The maximum atomic E-state index is 13.4. The average molecular weight is 578 g/mol. The van der Waals surface area contributed by atoms with E-state index in [1.807, 2.05) is 6.92 Å². The van der Waals surface area contributed by atoms with Gasteiger partial charge in [-0.1, -0.05) is 68.7 Å². The molecule has 1 heterocycles. The predicted molar refractivity (Wildman–Crippen MR) is 139 cm³/mol. The third kappa shape index (κ3) is 5.64. The molecule has 4 aromatic rings. The van der Waals surface area contributed by atoms with Crippen molar-refractivity contribution < 1.29 is 13.2 Å². The van der Waals surface area contributed by atoms with Crippen LogP contribution < -0.4 is 9.62 Å². The Hall–Kier alpha value is -2.79. The number of carbonyl (C=O) groups excluding carboxylic acids is 1. The van der Waals surface area contributed by atoms with Crippen LogP contribution in [0.1, 0.15) is 5.56 Å².